The maximum atomic E-state index is 6.15. The van der Waals surface area contributed by atoms with E-state index in [-0.39, 0.29) is 0 Å². The van der Waals surface area contributed by atoms with Crippen molar-refractivity contribution in [2.45, 2.75) is 13.3 Å². The van der Waals surface area contributed by atoms with E-state index >= 15 is 0 Å². The van der Waals surface area contributed by atoms with E-state index in [9.17, 15) is 0 Å². The second kappa shape index (κ2) is 7.25. The zero-order valence-electron chi connectivity index (χ0n) is 14.9. The van der Waals surface area contributed by atoms with Crippen molar-refractivity contribution in [2.24, 2.45) is 15.8 Å². The zero-order valence-corrected chi connectivity index (χ0v) is 15.7. The molecule has 2 N–H and O–H groups in total. The van der Waals surface area contributed by atoms with Gasteiger partial charge in [0.15, 0.2) is 5.84 Å². The van der Waals surface area contributed by atoms with Crippen LogP contribution in [0.25, 0.3) is 15.7 Å². The number of likely N-dealkylation sites (N-methyl/N-ethyl adjacent to an activating group) is 1. The first-order chi connectivity index (χ1) is 12.0. The monoisotopic (exact) mass is 358 g/mol. The molecule has 1 aromatic heterocycles. The Morgan fingerprint density at radius 2 is 2.08 bits per heavy atom. The molecule has 0 spiro atoms. The number of aliphatic imine (C=N–C) groups is 1. The van der Waals surface area contributed by atoms with Gasteiger partial charge in [-0.05, 0) is 36.4 Å². The van der Waals surface area contributed by atoms with Crippen LogP contribution in [-0.2, 0) is 4.74 Å². The molecule has 7 heteroatoms. The lowest BCUT2D eigenvalue weighted by Gasteiger charge is -2.23. The molecule has 0 unspecified atom stereocenters. The predicted octanol–water partition coefficient (Wildman–Crippen LogP) is 3.21. The molecule has 25 heavy (non-hydrogen) atoms. The van der Waals surface area contributed by atoms with Crippen LogP contribution >= 0.6 is 11.3 Å². The molecule has 0 aliphatic carbocycles. The van der Waals surface area contributed by atoms with E-state index in [1.54, 1.807) is 30.6 Å². The number of rotatable bonds is 5. The van der Waals surface area contributed by atoms with Crippen LogP contribution < -0.4 is 10.5 Å². The average Bonchev–Trinajstić information content (AvgIpc) is 3.00. The van der Waals surface area contributed by atoms with Crippen molar-refractivity contribution in [3.8, 4) is 5.75 Å². The van der Waals surface area contributed by atoms with Crippen LogP contribution in [0.15, 0.2) is 34.0 Å². The fourth-order valence-electron chi connectivity index (χ4n) is 2.93. The van der Waals surface area contributed by atoms with Crippen LogP contribution in [0, 0.1) is 6.92 Å². The van der Waals surface area contributed by atoms with Gasteiger partial charge in [0.1, 0.15) is 17.8 Å². The van der Waals surface area contributed by atoms with Crippen LogP contribution in [0.2, 0.25) is 0 Å². The van der Waals surface area contributed by atoms with E-state index in [4.69, 9.17) is 15.2 Å². The molecule has 0 saturated heterocycles. The lowest BCUT2D eigenvalue weighted by Crippen LogP contribution is -2.29. The summed E-state index contributed by atoms with van der Waals surface area (Å²) >= 11 is 1.69. The van der Waals surface area contributed by atoms with Crippen molar-refractivity contribution >= 4 is 39.2 Å². The van der Waals surface area contributed by atoms with Gasteiger partial charge in [0.2, 0.25) is 0 Å². The first-order valence-electron chi connectivity index (χ1n) is 7.95. The van der Waals surface area contributed by atoms with Crippen molar-refractivity contribution in [2.75, 3.05) is 27.9 Å². The van der Waals surface area contributed by atoms with E-state index in [2.05, 4.69) is 35.2 Å². The standard InChI is InChI=1S/C18H22N4O2S/c1-11-7-12-9-15(25-17(12)14(8-11)24-4)13(5-6-23-3)16-18(19)20-10-21-22(16)2/h7-10H,5-6H2,1-4H3,(H2,19,20,21)/b16-13+. The Kier molecular flexibility index (Phi) is 5.06. The summed E-state index contributed by atoms with van der Waals surface area (Å²) in [5.41, 5.74) is 9.21. The Morgan fingerprint density at radius 3 is 2.76 bits per heavy atom. The number of hydrazone groups is 1. The first kappa shape index (κ1) is 17.4. The second-order valence-corrected chi connectivity index (χ2v) is 6.89. The molecular formula is C18H22N4O2S. The molecule has 0 amide bonds. The maximum absolute atomic E-state index is 6.15. The number of nitrogens with zero attached hydrogens (tertiary/aromatic N) is 3. The molecule has 132 valence electrons. The van der Waals surface area contributed by atoms with E-state index in [1.807, 2.05) is 7.05 Å². The summed E-state index contributed by atoms with van der Waals surface area (Å²) in [5.74, 6) is 1.35. The molecule has 3 rings (SSSR count). The average molecular weight is 358 g/mol. The minimum atomic E-state index is 0.462. The normalized spacial score (nSPS) is 16.3. The van der Waals surface area contributed by atoms with Gasteiger partial charge in [0, 0.05) is 24.6 Å². The lowest BCUT2D eigenvalue weighted by molar-refractivity contribution is 0.205. The molecule has 1 aromatic carbocycles. The molecule has 0 saturated carbocycles. The maximum Gasteiger partial charge on any atom is 0.151 e. The third-order valence-electron chi connectivity index (χ3n) is 4.07. The number of benzene rings is 1. The summed E-state index contributed by atoms with van der Waals surface area (Å²) in [7, 11) is 5.27. The van der Waals surface area contributed by atoms with Crippen molar-refractivity contribution < 1.29 is 9.47 Å². The van der Waals surface area contributed by atoms with E-state index in [1.165, 1.54) is 11.9 Å². The fourth-order valence-corrected chi connectivity index (χ4v) is 4.13. The highest BCUT2D eigenvalue weighted by molar-refractivity contribution is 7.20. The minimum absolute atomic E-state index is 0.462. The number of fused-ring (bicyclic) bond motifs is 1. The highest BCUT2D eigenvalue weighted by Crippen LogP contribution is 2.39. The van der Waals surface area contributed by atoms with Crippen molar-refractivity contribution in [1.29, 1.82) is 0 Å². The summed E-state index contributed by atoms with van der Waals surface area (Å²) < 4.78 is 12.0. The van der Waals surface area contributed by atoms with Gasteiger partial charge in [-0.15, -0.1) is 11.3 Å². The van der Waals surface area contributed by atoms with E-state index in [0.29, 0.717) is 12.4 Å². The quantitative estimate of drug-likeness (QED) is 0.891. The molecule has 1 aliphatic rings. The molecule has 0 atom stereocenters. The number of nitrogens with two attached hydrogens (primary N) is 1. The summed E-state index contributed by atoms with van der Waals surface area (Å²) in [6, 6.07) is 6.39. The van der Waals surface area contributed by atoms with Gasteiger partial charge < -0.3 is 15.2 Å². The lowest BCUT2D eigenvalue weighted by atomic mass is 10.1. The minimum Gasteiger partial charge on any atom is -0.495 e. The zero-order chi connectivity index (χ0) is 18.0. The molecule has 0 fully saturated rings. The molecule has 0 bridgehead atoms. The number of hydrogen-bond donors (Lipinski definition) is 1. The Labute approximate surface area is 151 Å². The molecule has 2 aromatic rings. The SMILES string of the molecule is COCC/C(=C1/C(N)=NC=NN1C)c1cc2cc(C)cc(OC)c2s1. The van der Waals surface area contributed by atoms with Gasteiger partial charge >= 0.3 is 0 Å². The van der Waals surface area contributed by atoms with Crippen LogP contribution in [0.4, 0.5) is 0 Å². The number of aryl methyl sites for hydroxylation is 1. The highest BCUT2D eigenvalue weighted by atomic mass is 32.1. The number of methoxy groups -OCH3 is 2. The number of thiophene rings is 1. The number of ether oxygens (including phenoxy) is 2. The molecular weight excluding hydrogens is 336 g/mol. The molecule has 6 nitrogen and oxygen atoms in total. The molecule has 2 heterocycles. The largest absolute Gasteiger partial charge is 0.495 e. The highest BCUT2D eigenvalue weighted by Gasteiger charge is 2.21. The van der Waals surface area contributed by atoms with Crippen LogP contribution in [0.5, 0.6) is 5.75 Å². The van der Waals surface area contributed by atoms with Gasteiger partial charge in [-0.25, -0.2) is 4.99 Å². The second-order valence-electron chi connectivity index (χ2n) is 5.84. The predicted molar refractivity (Wildman–Crippen MR) is 104 cm³/mol. The van der Waals surface area contributed by atoms with Crippen molar-refractivity contribution in [3.63, 3.8) is 0 Å². The van der Waals surface area contributed by atoms with E-state index < -0.39 is 0 Å². The smallest absolute Gasteiger partial charge is 0.151 e. The Hall–Kier alpha value is -2.38. The van der Waals surface area contributed by atoms with Crippen LogP contribution in [0.3, 0.4) is 0 Å². The molecule has 1 aliphatic heterocycles. The summed E-state index contributed by atoms with van der Waals surface area (Å²) in [4.78, 5) is 5.28. The fraction of sp³-hybridized carbons (Fsp3) is 0.333. The van der Waals surface area contributed by atoms with Crippen LogP contribution in [-0.4, -0.2) is 45.1 Å². The Bertz CT molecular complexity index is 883. The number of hydrogen-bond acceptors (Lipinski definition) is 7. The van der Waals surface area contributed by atoms with Crippen LogP contribution in [0.1, 0.15) is 16.9 Å². The van der Waals surface area contributed by atoms with E-state index in [0.717, 1.165) is 38.4 Å². The summed E-state index contributed by atoms with van der Waals surface area (Å²) in [5, 5.41) is 7.16. The van der Waals surface area contributed by atoms with Gasteiger partial charge in [0.05, 0.1) is 18.4 Å². The summed E-state index contributed by atoms with van der Waals surface area (Å²) in [6.45, 7) is 2.66. The third kappa shape index (κ3) is 3.38. The third-order valence-corrected chi connectivity index (χ3v) is 5.30. The van der Waals surface area contributed by atoms with Crippen molar-refractivity contribution in [1.82, 2.24) is 5.01 Å². The summed E-state index contributed by atoms with van der Waals surface area (Å²) in [6.07, 6.45) is 2.18. The van der Waals surface area contributed by atoms with Gasteiger partial charge in [-0.2, -0.15) is 5.10 Å². The van der Waals surface area contributed by atoms with Gasteiger partial charge in [-0.3, -0.25) is 5.01 Å². The Balaban J connectivity index is 2.19. The van der Waals surface area contributed by atoms with Crippen molar-refractivity contribution in [3.05, 3.63) is 34.3 Å². The first-order valence-corrected chi connectivity index (χ1v) is 8.77. The Morgan fingerprint density at radius 1 is 1.28 bits per heavy atom. The topological polar surface area (TPSA) is 72.4 Å². The molecule has 0 radical (unpaired) electrons. The van der Waals surface area contributed by atoms with Gasteiger partial charge in [0.25, 0.3) is 0 Å². The number of amidine groups is 1. The van der Waals surface area contributed by atoms with Gasteiger partial charge in [-0.1, -0.05) is 6.07 Å².